The van der Waals surface area contributed by atoms with Crippen LogP contribution in [0.3, 0.4) is 0 Å². The van der Waals surface area contributed by atoms with Gasteiger partial charge in [0.2, 0.25) is 5.91 Å². The Hall–Kier alpha value is -1.22. The van der Waals surface area contributed by atoms with Crippen molar-refractivity contribution in [2.24, 2.45) is 5.92 Å². The number of carbonyl (C=O) groups excluding carboxylic acids is 1. The van der Waals surface area contributed by atoms with E-state index in [4.69, 9.17) is 16.3 Å². The Morgan fingerprint density at radius 1 is 1.37 bits per heavy atom. The summed E-state index contributed by atoms with van der Waals surface area (Å²) in [6, 6.07) is 3.47. The van der Waals surface area contributed by atoms with Crippen LogP contribution in [0.1, 0.15) is 5.56 Å². The van der Waals surface area contributed by atoms with E-state index in [2.05, 4.69) is 10.6 Å². The molecule has 0 aromatic heterocycles. The topological polar surface area (TPSA) is 53.6 Å². The maximum absolute atomic E-state index is 13.4. The molecule has 0 bridgehead atoms. The van der Waals surface area contributed by atoms with Gasteiger partial charge in [-0.2, -0.15) is 13.2 Å². The first-order valence-corrected chi connectivity index (χ1v) is 8.93. The molecular weight excluding hydrogens is 406 g/mol. The highest BCUT2D eigenvalue weighted by Crippen LogP contribution is 2.30. The van der Waals surface area contributed by atoms with Gasteiger partial charge in [-0.15, -0.1) is 12.4 Å². The second-order valence-electron chi connectivity index (χ2n) is 6.55. The van der Waals surface area contributed by atoms with E-state index in [1.807, 2.05) is 0 Å². The summed E-state index contributed by atoms with van der Waals surface area (Å²) < 4.78 is 45.7. The van der Waals surface area contributed by atoms with E-state index in [1.165, 1.54) is 4.90 Å². The summed E-state index contributed by atoms with van der Waals surface area (Å²) >= 11 is 5.95. The summed E-state index contributed by atoms with van der Waals surface area (Å²) in [6.07, 6.45) is -4.00. The number of fused-ring (bicyclic) bond motifs is 1. The Labute approximate surface area is 167 Å². The molecule has 2 heterocycles. The molecule has 0 saturated carbocycles. The van der Waals surface area contributed by atoms with Crippen molar-refractivity contribution in [1.82, 2.24) is 15.5 Å². The van der Waals surface area contributed by atoms with Crippen LogP contribution in [-0.2, 0) is 11.2 Å². The molecule has 1 saturated heterocycles. The van der Waals surface area contributed by atoms with Gasteiger partial charge >= 0.3 is 6.18 Å². The molecule has 1 amide bonds. The van der Waals surface area contributed by atoms with Gasteiger partial charge in [-0.3, -0.25) is 9.69 Å². The summed E-state index contributed by atoms with van der Waals surface area (Å²) in [7, 11) is 0. The molecule has 3 rings (SSSR count). The van der Waals surface area contributed by atoms with Crippen LogP contribution < -0.4 is 15.4 Å². The van der Waals surface area contributed by atoms with Gasteiger partial charge in [0.05, 0.1) is 5.92 Å². The first-order valence-electron chi connectivity index (χ1n) is 8.55. The van der Waals surface area contributed by atoms with Crippen molar-refractivity contribution in [3.05, 3.63) is 28.8 Å². The molecular formula is C17H22Cl2F3N3O2. The van der Waals surface area contributed by atoms with Gasteiger partial charge in [0.15, 0.2) is 0 Å². The minimum atomic E-state index is -4.40. The molecule has 2 N–H and O–H groups in total. The molecule has 2 unspecified atom stereocenters. The van der Waals surface area contributed by atoms with E-state index in [0.29, 0.717) is 43.4 Å². The molecule has 1 aromatic carbocycles. The number of benzene rings is 1. The zero-order chi connectivity index (χ0) is 18.7. The molecule has 10 heteroatoms. The normalized spacial score (nSPS) is 21.4. The van der Waals surface area contributed by atoms with Crippen LogP contribution in [-0.4, -0.2) is 62.4 Å². The maximum Gasteiger partial charge on any atom is 0.405 e. The van der Waals surface area contributed by atoms with Crippen LogP contribution in [0.5, 0.6) is 5.75 Å². The van der Waals surface area contributed by atoms with Crippen molar-refractivity contribution in [2.45, 2.75) is 18.6 Å². The predicted octanol–water partition coefficient (Wildman–Crippen LogP) is 2.27. The summed E-state index contributed by atoms with van der Waals surface area (Å²) in [6.45, 7) is 1.31. The van der Waals surface area contributed by atoms with E-state index in [9.17, 15) is 18.0 Å². The minimum Gasteiger partial charge on any atom is -0.492 e. The number of alkyl halides is 3. The summed E-state index contributed by atoms with van der Waals surface area (Å²) in [5, 5.41) is 6.03. The van der Waals surface area contributed by atoms with Crippen LogP contribution in [0, 0.1) is 5.92 Å². The summed E-state index contributed by atoms with van der Waals surface area (Å²) in [5.41, 5.74) is 0.790. The average molecular weight is 428 g/mol. The number of amides is 1. The number of nitrogens with zero attached hydrogens (tertiary/aromatic N) is 1. The Morgan fingerprint density at radius 3 is 2.74 bits per heavy atom. The Morgan fingerprint density at radius 2 is 2.07 bits per heavy atom. The third-order valence-corrected chi connectivity index (χ3v) is 4.97. The van der Waals surface area contributed by atoms with Crippen LogP contribution in [0.15, 0.2) is 18.2 Å². The van der Waals surface area contributed by atoms with Gasteiger partial charge in [-0.1, -0.05) is 11.6 Å². The SMILES string of the molecule is Cl.O=C(NCC(N1CCNCC1)C(F)(F)F)C1COc2ccc(Cl)cc2C1. The molecule has 2 aliphatic heterocycles. The van der Waals surface area contributed by atoms with Crippen molar-refractivity contribution < 1.29 is 22.7 Å². The molecule has 1 fully saturated rings. The number of hydrogen-bond acceptors (Lipinski definition) is 4. The van der Waals surface area contributed by atoms with Gasteiger partial charge < -0.3 is 15.4 Å². The second kappa shape index (κ2) is 9.32. The quantitative estimate of drug-likeness (QED) is 0.773. The predicted molar refractivity (Wildman–Crippen MR) is 98.7 cm³/mol. The fourth-order valence-corrected chi connectivity index (χ4v) is 3.51. The summed E-state index contributed by atoms with van der Waals surface area (Å²) in [5.74, 6) is -0.301. The summed E-state index contributed by atoms with van der Waals surface area (Å²) in [4.78, 5) is 13.7. The first kappa shape index (κ1) is 22.1. The molecule has 27 heavy (non-hydrogen) atoms. The van der Waals surface area contributed by atoms with Gasteiger partial charge in [-0.25, -0.2) is 0 Å². The molecule has 2 atom stereocenters. The largest absolute Gasteiger partial charge is 0.492 e. The fourth-order valence-electron chi connectivity index (χ4n) is 3.32. The van der Waals surface area contributed by atoms with Crippen molar-refractivity contribution in [3.8, 4) is 5.75 Å². The lowest BCUT2D eigenvalue weighted by atomic mass is 9.96. The van der Waals surface area contributed by atoms with Gasteiger partial charge in [-0.05, 0) is 30.2 Å². The van der Waals surface area contributed by atoms with Gasteiger partial charge in [0.25, 0.3) is 0 Å². The van der Waals surface area contributed by atoms with Crippen molar-refractivity contribution in [3.63, 3.8) is 0 Å². The van der Waals surface area contributed by atoms with Crippen molar-refractivity contribution >= 4 is 29.9 Å². The zero-order valence-electron chi connectivity index (χ0n) is 14.5. The zero-order valence-corrected chi connectivity index (χ0v) is 16.1. The fraction of sp³-hybridized carbons (Fsp3) is 0.588. The maximum atomic E-state index is 13.4. The van der Waals surface area contributed by atoms with Crippen molar-refractivity contribution in [2.75, 3.05) is 39.3 Å². The Kier molecular flexibility index (Phi) is 7.62. The monoisotopic (exact) mass is 427 g/mol. The standard InChI is InChI=1S/C17H21ClF3N3O2.ClH/c18-13-1-2-14-11(8-13)7-12(10-26-14)16(25)23-9-15(17(19,20)21)24-5-3-22-4-6-24;/h1-2,8,12,15,22H,3-7,9-10H2,(H,23,25);1H. The first-order chi connectivity index (χ1) is 12.3. The number of piperazine rings is 1. The van der Waals surface area contributed by atoms with E-state index in [1.54, 1.807) is 18.2 Å². The highest BCUT2D eigenvalue weighted by molar-refractivity contribution is 6.30. The molecule has 0 spiro atoms. The van der Waals surface area contributed by atoms with E-state index >= 15 is 0 Å². The molecule has 2 aliphatic rings. The Bertz CT molecular complexity index is 655. The lowest BCUT2D eigenvalue weighted by Gasteiger charge is -2.36. The third-order valence-electron chi connectivity index (χ3n) is 4.74. The van der Waals surface area contributed by atoms with Gasteiger partial charge in [0, 0.05) is 37.7 Å². The third kappa shape index (κ3) is 5.63. The minimum absolute atomic E-state index is 0. The van der Waals surface area contributed by atoms with Crippen LogP contribution in [0.25, 0.3) is 0 Å². The molecule has 0 radical (unpaired) electrons. The number of hydrogen-bond donors (Lipinski definition) is 2. The highest BCUT2D eigenvalue weighted by Gasteiger charge is 2.44. The number of rotatable bonds is 4. The smallest absolute Gasteiger partial charge is 0.405 e. The Balaban J connectivity index is 0.00000261. The highest BCUT2D eigenvalue weighted by atomic mass is 35.5. The molecule has 5 nitrogen and oxygen atoms in total. The van der Waals surface area contributed by atoms with Crippen LogP contribution in [0.2, 0.25) is 5.02 Å². The second-order valence-corrected chi connectivity index (χ2v) is 6.99. The van der Waals surface area contributed by atoms with Gasteiger partial charge in [0.1, 0.15) is 18.4 Å². The lowest BCUT2D eigenvalue weighted by Crippen LogP contribution is -2.58. The molecule has 0 aliphatic carbocycles. The lowest BCUT2D eigenvalue weighted by molar-refractivity contribution is -0.184. The number of nitrogens with one attached hydrogen (secondary N) is 2. The molecule has 152 valence electrons. The number of ether oxygens (including phenoxy) is 1. The van der Waals surface area contributed by atoms with Crippen LogP contribution in [0.4, 0.5) is 13.2 Å². The number of halogens is 5. The van der Waals surface area contributed by atoms with E-state index in [0.717, 1.165) is 5.56 Å². The van der Waals surface area contributed by atoms with E-state index < -0.39 is 30.6 Å². The van der Waals surface area contributed by atoms with Crippen molar-refractivity contribution in [1.29, 1.82) is 0 Å². The molecule has 1 aromatic rings. The average Bonchev–Trinajstić information content (AvgIpc) is 2.61. The number of carbonyl (C=O) groups is 1. The van der Waals surface area contributed by atoms with Crippen LogP contribution >= 0.6 is 24.0 Å². The van der Waals surface area contributed by atoms with E-state index in [-0.39, 0.29) is 19.0 Å².